The van der Waals surface area contributed by atoms with E-state index in [-0.39, 0.29) is 6.04 Å². The molecule has 0 aromatic heterocycles. The molecular weight excluding hydrogens is 312 g/mol. The molecule has 23 heavy (non-hydrogen) atoms. The van der Waals surface area contributed by atoms with Crippen LogP contribution in [-0.2, 0) is 6.54 Å². The Balaban J connectivity index is 2.00. The van der Waals surface area contributed by atoms with E-state index in [1.807, 2.05) is 25.1 Å². The van der Waals surface area contributed by atoms with Crippen LogP contribution >= 0.6 is 11.6 Å². The smallest absolute Gasteiger partial charge is 0.136 e. The van der Waals surface area contributed by atoms with E-state index in [4.69, 9.17) is 21.6 Å². The molecule has 0 aliphatic heterocycles. The molecule has 0 amide bonds. The van der Waals surface area contributed by atoms with Gasteiger partial charge in [0.2, 0.25) is 0 Å². The molecule has 0 aliphatic rings. The highest BCUT2D eigenvalue weighted by molar-refractivity contribution is 6.30. The van der Waals surface area contributed by atoms with Crippen molar-refractivity contribution in [1.82, 2.24) is 5.32 Å². The van der Waals surface area contributed by atoms with Gasteiger partial charge in [0.25, 0.3) is 0 Å². The molecule has 0 aliphatic carbocycles. The van der Waals surface area contributed by atoms with Crippen molar-refractivity contribution >= 4 is 11.6 Å². The van der Waals surface area contributed by atoms with E-state index in [0.717, 1.165) is 11.1 Å². The number of benzene rings is 2. The number of methoxy groups -OCH3 is 1. The molecular formula is C18H19ClN2O2. The minimum Gasteiger partial charge on any atom is -0.495 e. The van der Waals surface area contributed by atoms with Gasteiger partial charge < -0.3 is 15.2 Å². The number of rotatable bonds is 6. The summed E-state index contributed by atoms with van der Waals surface area (Å²) in [5, 5.41) is 23.4. The minimum atomic E-state index is -0.638. The summed E-state index contributed by atoms with van der Waals surface area (Å²) in [6.45, 7) is 2.46. The summed E-state index contributed by atoms with van der Waals surface area (Å²) in [7, 11) is 1.54. The number of nitriles is 1. The summed E-state index contributed by atoms with van der Waals surface area (Å²) in [5.41, 5.74) is 2.26. The number of ether oxygens (including phenoxy) is 1. The van der Waals surface area contributed by atoms with Gasteiger partial charge in [-0.05, 0) is 42.3 Å². The maximum Gasteiger partial charge on any atom is 0.136 e. The summed E-state index contributed by atoms with van der Waals surface area (Å²) in [6, 6.07) is 14.6. The summed E-state index contributed by atoms with van der Waals surface area (Å²) >= 11 is 5.86. The standard InChI is InChI=1S/C18H19ClN2O2/c1-12(18(22)14-4-6-16(19)7-5-14)21-11-13-3-8-17(23-2)15(9-13)10-20/h3-9,12,18,21-22H,11H2,1-2H3. The number of hydrogen-bond donors (Lipinski definition) is 2. The zero-order chi connectivity index (χ0) is 16.8. The van der Waals surface area contributed by atoms with Crippen LogP contribution < -0.4 is 10.1 Å². The first kappa shape index (κ1) is 17.3. The lowest BCUT2D eigenvalue weighted by atomic mass is 10.0. The van der Waals surface area contributed by atoms with E-state index in [2.05, 4.69) is 11.4 Å². The predicted octanol–water partition coefficient (Wildman–Crippen LogP) is 3.43. The normalized spacial score (nSPS) is 13.2. The van der Waals surface area contributed by atoms with Crippen LogP contribution in [0, 0.1) is 11.3 Å². The third-order valence-electron chi connectivity index (χ3n) is 3.70. The molecule has 0 fully saturated rings. The number of aliphatic hydroxyl groups is 1. The second kappa shape index (κ2) is 7.98. The Kier molecular flexibility index (Phi) is 6.00. The first-order chi connectivity index (χ1) is 11.0. The molecule has 2 atom stereocenters. The Morgan fingerprint density at radius 2 is 1.96 bits per heavy atom. The van der Waals surface area contributed by atoms with Crippen LogP contribution in [-0.4, -0.2) is 18.3 Å². The topological polar surface area (TPSA) is 65.3 Å². The van der Waals surface area contributed by atoms with Gasteiger partial charge in [-0.25, -0.2) is 0 Å². The molecule has 2 aromatic rings. The molecule has 0 saturated heterocycles. The van der Waals surface area contributed by atoms with Gasteiger partial charge in [0, 0.05) is 17.6 Å². The van der Waals surface area contributed by atoms with Gasteiger partial charge in [-0.15, -0.1) is 0 Å². The van der Waals surface area contributed by atoms with Gasteiger partial charge in [-0.1, -0.05) is 29.8 Å². The summed E-state index contributed by atoms with van der Waals surface area (Å²) in [4.78, 5) is 0. The first-order valence-corrected chi connectivity index (χ1v) is 7.67. The van der Waals surface area contributed by atoms with Crippen LogP contribution in [0.2, 0.25) is 5.02 Å². The monoisotopic (exact) mass is 330 g/mol. The summed E-state index contributed by atoms with van der Waals surface area (Å²) < 4.78 is 5.13. The highest BCUT2D eigenvalue weighted by atomic mass is 35.5. The number of nitrogens with zero attached hydrogens (tertiary/aromatic N) is 1. The van der Waals surface area contributed by atoms with Crippen molar-refractivity contribution < 1.29 is 9.84 Å². The molecule has 0 heterocycles. The van der Waals surface area contributed by atoms with E-state index >= 15 is 0 Å². The van der Waals surface area contributed by atoms with Crippen molar-refractivity contribution in [1.29, 1.82) is 5.26 Å². The van der Waals surface area contributed by atoms with E-state index in [1.165, 1.54) is 0 Å². The highest BCUT2D eigenvalue weighted by Crippen LogP contribution is 2.21. The fourth-order valence-corrected chi connectivity index (χ4v) is 2.42. The van der Waals surface area contributed by atoms with Crippen molar-refractivity contribution in [3.05, 3.63) is 64.2 Å². The van der Waals surface area contributed by atoms with Crippen molar-refractivity contribution in [2.24, 2.45) is 0 Å². The zero-order valence-corrected chi connectivity index (χ0v) is 13.8. The van der Waals surface area contributed by atoms with Crippen molar-refractivity contribution in [2.45, 2.75) is 25.6 Å². The largest absolute Gasteiger partial charge is 0.495 e. The van der Waals surface area contributed by atoms with Crippen LogP contribution in [0.4, 0.5) is 0 Å². The lowest BCUT2D eigenvalue weighted by Gasteiger charge is -2.21. The van der Waals surface area contributed by atoms with Gasteiger partial charge in [0.1, 0.15) is 11.8 Å². The number of nitrogens with one attached hydrogen (secondary N) is 1. The van der Waals surface area contributed by atoms with E-state index in [9.17, 15) is 5.11 Å². The van der Waals surface area contributed by atoms with Crippen LogP contribution in [0.25, 0.3) is 0 Å². The average Bonchev–Trinajstić information content (AvgIpc) is 2.59. The maximum absolute atomic E-state index is 10.4. The highest BCUT2D eigenvalue weighted by Gasteiger charge is 2.16. The Morgan fingerprint density at radius 1 is 1.26 bits per heavy atom. The average molecular weight is 331 g/mol. The molecule has 4 nitrogen and oxygen atoms in total. The van der Waals surface area contributed by atoms with Crippen molar-refractivity contribution in [2.75, 3.05) is 7.11 Å². The molecule has 2 unspecified atom stereocenters. The quantitative estimate of drug-likeness (QED) is 0.851. The van der Waals surface area contributed by atoms with E-state index in [0.29, 0.717) is 22.9 Å². The van der Waals surface area contributed by atoms with Gasteiger partial charge in [0.15, 0.2) is 0 Å². The molecule has 0 bridgehead atoms. The minimum absolute atomic E-state index is 0.149. The van der Waals surface area contributed by atoms with E-state index in [1.54, 1.807) is 31.4 Å². The summed E-state index contributed by atoms with van der Waals surface area (Å²) in [5.74, 6) is 0.561. The fourth-order valence-electron chi connectivity index (χ4n) is 2.29. The number of halogens is 1. The number of aliphatic hydroxyl groups excluding tert-OH is 1. The molecule has 120 valence electrons. The predicted molar refractivity (Wildman–Crippen MR) is 90.4 cm³/mol. The zero-order valence-electron chi connectivity index (χ0n) is 13.1. The van der Waals surface area contributed by atoms with Gasteiger partial charge >= 0.3 is 0 Å². The molecule has 0 radical (unpaired) electrons. The first-order valence-electron chi connectivity index (χ1n) is 7.29. The van der Waals surface area contributed by atoms with E-state index < -0.39 is 6.10 Å². The van der Waals surface area contributed by atoms with Gasteiger partial charge in [-0.2, -0.15) is 5.26 Å². The van der Waals surface area contributed by atoms with Crippen molar-refractivity contribution in [3.8, 4) is 11.8 Å². The third kappa shape index (κ3) is 4.46. The van der Waals surface area contributed by atoms with Crippen molar-refractivity contribution in [3.63, 3.8) is 0 Å². The van der Waals surface area contributed by atoms with Gasteiger partial charge in [0.05, 0.1) is 18.8 Å². The molecule has 2 rings (SSSR count). The fraction of sp³-hybridized carbons (Fsp3) is 0.278. The Labute approximate surface area is 141 Å². The maximum atomic E-state index is 10.4. The van der Waals surface area contributed by atoms with Crippen LogP contribution in [0.5, 0.6) is 5.75 Å². The van der Waals surface area contributed by atoms with Crippen LogP contribution in [0.1, 0.15) is 29.7 Å². The Bertz CT molecular complexity index is 695. The second-order valence-corrected chi connectivity index (χ2v) is 5.75. The number of hydrogen-bond acceptors (Lipinski definition) is 4. The molecule has 2 N–H and O–H groups in total. The molecule has 5 heteroatoms. The second-order valence-electron chi connectivity index (χ2n) is 5.31. The van der Waals surface area contributed by atoms with Gasteiger partial charge in [-0.3, -0.25) is 0 Å². The molecule has 2 aromatic carbocycles. The third-order valence-corrected chi connectivity index (χ3v) is 3.95. The van der Waals surface area contributed by atoms with Crippen LogP contribution in [0.15, 0.2) is 42.5 Å². The van der Waals surface area contributed by atoms with Crippen LogP contribution in [0.3, 0.4) is 0 Å². The Morgan fingerprint density at radius 3 is 2.57 bits per heavy atom. The Hall–Kier alpha value is -2.06. The molecule has 0 saturated carbocycles. The molecule has 0 spiro atoms. The lowest BCUT2D eigenvalue weighted by molar-refractivity contribution is 0.135. The lowest BCUT2D eigenvalue weighted by Crippen LogP contribution is -2.31. The summed E-state index contributed by atoms with van der Waals surface area (Å²) in [6.07, 6.45) is -0.638. The SMILES string of the molecule is COc1ccc(CNC(C)C(O)c2ccc(Cl)cc2)cc1C#N.